The number of carbonyl (C=O) groups is 3. The minimum atomic E-state index is -0.573. The predicted molar refractivity (Wildman–Crippen MR) is 102 cm³/mol. The molecule has 2 aliphatic heterocycles. The molecule has 0 aromatic heterocycles. The Morgan fingerprint density at radius 1 is 1.29 bits per heavy atom. The van der Waals surface area contributed by atoms with Gasteiger partial charge in [-0.2, -0.15) is 0 Å². The van der Waals surface area contributed by atoms with Gasteiger partial charge in [-0.05, 0) is 18.2 Å². The van der Waals surface area contributed by atoms with Crippen LogP contribution in [-0.2, 0) is 14.3 Å². The fraction of sp³-hybridized carbons (Fsp3) is 0.500. The van der Waals surface area contributed by atoms with Gasteiger partial charge in [0.05, 0.1) is 24.5 Å². The number of anilines is 2. The van der Waals surface area contributed by atoms with Gasteiger partial charge in [-0.3, -0.25) is 14.5 Å². The summed E-state index contributed by atoms with van der Waals surface area (Å²) < 4.78 is 19.9. The number of nitrogens with zero attached hydrogens (tertiary/aromatic N) is 3. The van der Waals surface area contributed by atoms with E-state index in [2.05, 4.69) is 5.32 Å². The van der Waals surface area contributed by atoms with Crippen molar-refractivity contribution in [2.24, 2.45) is 0 Å². The molecule has 1 aromatic rings. The Kier molecular flexibility index (Phi) is 6.23. The third kappa shape index (κ3) is 4.46. The number of benzene rings is 1. The summed E-state index contributed by atoms with van der Waals surface area (Å²) in [6, 6.07) is 4.59. The van der Waals surface area contributed by atoms with Gasteiger partial charge in [0, 0.05) is 33.1 Å². The second-order valence-corrected chi connectivity index (χ2v) is 6.96. The third-order valence-electron chi connectivity index (χ3n) is 4.78. The number of alkyl halides is 1. The first-order valence-electron chi connectivity index (χ1n) is 9.00. The van der Waals surface area contributed by atoms with Gasteiger partial charge in [0.25, 0.3) is 0 Å². The lowest BCUT2D eigenvalue weighted by atomic mass is 10.2. The molecule has 0 unspecified atom stereocenters. The maximum absolute atomic E-state index is 14.7. The summed E-state index contributed by atoms with van der Waals surface area (Å²) in [6.45, 7) is 3.80. The zero-order valence-electron chi connectivity index (χ0n) is 15.5. The van der Waals surface area contributed by atoms with Gasteiger partial charge in [-0.15, -0.1) is 11.6 Å². The summed E-state index contributed by atoms with van der Waals surface area (Å²) in [4.78, 5) is 39.6. The molecule has 0 aliphatic carbocycles. The van der Waals surface area contributed by atoms with E-state index in [1.807, 2.05) is 4.90 Å². The summed E-state index contributed by atoms with van der Waals surface area (Å²) in [7, 11) is 0. The number of ether oxygens (including phenoxy) is 1. The van der Waals surface area contributed by atoms with E-state index in [1.165, 1.54) is 17.9 Å². The molecule has 2 aliphatic rings. The van der Waals surface area contributed by atoms with E-state index in [9.17, 15) is 18.8 Å². The molecule has 1 N–H and O–H groups in total. The van der Waals surface area contributed by atoms with Crippen LogP contribution in [0.3, 0.4) is 0 Å². The summed E-state index contributed by atoms with van der Waals surface area (Å²) >= 11 is 5.57. The number of nitrogens with one attached hydrogen (secondary N) is 1. The van der Waals surface area contributed by atoms with E-state index in [0.29, 0.717) is 37.6 Å². The molecule has 3 amide bonds. The number of cyclic esters (lactones) is 1. The Balaban J connectivity index is 1.64. The number of amides is 3. The van der Waals surface area contributed by atoms with Gasteiger partial charge in [0.15, 0.2) is 0 Å². The standard InChI is InChI=1S/C18H22ClFN4O4/c1-12(25)21-10-14-11-24(18(27)28-14)13-2-3-16(15(20)8-13)22-4-6-23(7-5-22)17(26)9-19/h2-3,8,14H,4-7,9-11H2,1H3,(H,21,25)/t14-/m0/s1. The number of carbonyl (C=O) groups excluding carboxylic acids is 3. The fourth-order valence-corrected chi connectivity index (χ4v) is 3.47. The number of hydrogen-bond acceptors (Lipinski definition) is 5. The largest absolute Gasteiger partial charge is 0.442 e. The zero-order chi connectivity index (χ0) is 20.3. The molecule has 10 heteroatoms. The van der Waals surface area contributed by atoms with Crippen LogP contribution in [0.1, 0.15) is 6.92 Å². The van der Waals surface area contributed by atoms with Crippen LogP contribution in [0.15, 0.2) is 18.2 Å². The molecule has 2 fully saturated rings. The van der Waals surface area contributed by atoms with E-state index in [-0.39, 0.29) is 30.8 Å². The normalized spacial score (nSPS) is 19.6. The molecule has 1 aromatic carbocycles. The lowest BCUT2D eigenvalue weighted by molar-refractivity contribution is -0.128. The highest BCUT2D eigenvalue weighted by Crippen LogP contribution is 2.28. The first-order valence-corrected chi connectivity index (χ1v) is 9.53. The van der Waals surface area contributed by atoms with Crippen molar-refractivity contribution in [2.75, 3.05) is 54.9 Å². The van der Waals surface area contributed by atoms with E-state index in [0.717, 1.165) is 0 Å². The van der Waals surface area contributed by atoms with Crippen LogP contribution in [0.25, 0.3) is 0 Å². The molecular formula is C18H22ClFN4O4. The first kappa shape index (κ1) is 20.2. The van der Waals surface area contributed by atoms with Crippen molar-refractivity contribution in [1.29, 1.82) is 0 Å². The van der Waals surface area contributed by atoms with Crippen LogP contribution >= 0.6 is 11.6 Å². The highest BCUT2D eigenvalue weighted by molar-refractivity contribution is 6.27. The topological polar surface area (TPSA) is 82.2 Å². The quantitative estimate of drug-likeness (QED) is 0.734. The van der Waals surface area contributed by atoms with Crippen LogP contribution in [0, 0.1) is 5.82 Å². The minimum absolute atomic E-state index is 0.0576. The smallest absolute Gasteiger partial charge is 0.414 e. The number of hydrogen-bond donors (Lipinski definition) is 1. The fourth-order valence-electron chi connectivity index (χ4n) is 3.30. The molecule has 0 bridgehead atoms. The van der Waals surface area contributed by atoms with Gasteiger partial charge < -0.3 is 19.9 Å². The average molecular weight is 413 g/mol. The molecular weight excluding hydrogens is 391 g/mol. The minimum Gasteiger partial charge on any atom is -0.442 e. The Hall–Kier alpha value is -2.55. The van der Waals surface area contributed by atoms with E-state index in [4.69, 9.17) is 16.3 Å². The van der Waals surface area contributed by atoms with Crippen LogP contribution < -0.4 is 15.1 Å². The molecule has 8 nitrogen and oxygen atoms in total. The molecule has 2 saturated heterocycles. The van der Waals surface area contributed by atoms with Crippen molar-refractivity contribution in [2.45, 2.75) is 13.0 Å². The summed E-state index contributed by atoms with van der Waals surface area (Å²) in [5.74, 6) is -0.846. The first-order chi connectivity index (χ1) is 13.4. The van der Waals surface area contributed by atoms with E-state index < -0.39 is 18.0 Å². The molecule has 2 heterocycles. The second kappa shape index (κ2) is 8.64. The monoisotopic (exact) mass is 412 g/mol. The van der Waals surface area contributed by atoms with Crippen LogP contribution in [0.5, 0.6) is 0 Å². The molecule has 3 rings (SSSR count). The van der Waals surface area contributed by atoms with Crippen molar-refractivity contribution in [1.82, 2.24) is 10.2 Å². The number of piperazine rings is 1. The van der Waals surface area contributed by atoms with Crippen molar-refractivity contribution in [3.8, 4) is 0 Å². The maximum Gasteiger partial charge on any atom is 0.414 e. The van der Waals surface area contributed by atoms with Crippen molar-refractivity contribution in [3.63, 3.8) is 0 Å². The number of halogens is 2. The van der Waals surface area contributed by atoms with Crippen molar-refractivity contribution in [3.05, 3.63) is 24.0 Å². The van der Waals surface area contributed by atoms with Crippen LogP contribution in [0.4, 0.5) is 20.6 Å². The molecule has 0 radical (unpaired) electrons. The lowest BCUT2D eigenvalue weighted by Crippen LogP contribution is -2.49. The maximum atomic E-state index is 14.7. The van der Waals surface area contributed by atoms with E-state index >= 15 is 0 Å². The summed E-state index contributed by atoms with van der Waals surface area (Å²) in [6.07, 6.45) is -1.05. The Morgan fingerprint density at radius 3 is 2.61 bits per heavy atom. The van der Waals surface area contributed by atoms with Gasteiger partial charge >= 0.3 is 6.09 Å². The van der Waals surface area contributed by atoms with Gasteiger partial charge in [-0.1, -0.05) is 0 Å². The Morgan fingerprint density at radius 2 is 2.00 bits per heavy atom. The molecule has 0 spiro atoms. The Labute approximate surface area is 167 Å². The summed E-state index contributed by atoms with van der Waals surface area (Å²) in [5.41, 5.74) is 0.816. The highest BCUT2D eigenvalue weighted by atomic mass is 35.5. The van der Waals surface area contributed by atoms with Crippen LogP contribution in [-0.4, -0.2) is 74.1 Å². The lowest BCUT2D eigenvalue weighted by Gasteiger charge is -2.36. The second-order valence-electron chi connectivity index (χ2n) is 6.69. The average Bonchev–Trinajstić information content (AvgIpc) is 3.06. The van der Waals surface area contributed by atoms with Gasteiger partial charge in [0.2, 0.25) is 11.8 Å². The highest BCUT2D eigenvalue weighted by Gasteiger charge is 2.33. The third-order valence-corrected chi connectivity index (χ3v) is 5.01. The van der Waals surface area contributed by atoms with Gasteiger partial charge in [-0.25, -0.2) is 9.18 Å². The van der Waals surface area contributed by atoms with Gasteiger partial charge in [0.1, 0.15) is 17.8 Å². The number of rotatable bonds is 5. The molecule has 1 atom stereocenters. The zero-order valence-corrected chi connectivity index (χ0v) is 16.2. The predicted octanol–water partition coefficient (Wildman–Crippen LogP) is 1.17. The SMILES string of the molecule is CC(=O)NC[C@H]1CN(c2ccc(N3CCN(C(=O)CCl)CC3)c(F)c2)C(=O)O1. The van der Waals surface area contributed by atoms with E-state index in [1.54, 1.807) is 17.0 Å². The molecule has 0 saturated carbocycles. The summed E-state index contributed by atoms with van der Waals surface area (Å²) in [5, 5.41) is 2.60. The van der Waals surface area contributed by atoms with Crippen molar-refractivity contribution < 1.29 is 23.5 Å². The Bertz CT molecular complexity index is 770. The van der Waals surface area contributed by atoms with Crippen molar-refractivity contribution >= 4 is 40.9 Å². The molecule has 152 valence electrons. The molecule has 28 heavy (non-hydrogen) atoms. The van der Waals surface area contributed by atoms with Crippen LogP contribution in [0.2, 0.25) is 0 Å².